The number of carbonyl (C=O) groups is 1. The Bertz CT molecular complexity index is 1450. The van der Waals surface area contributed by atoms with Gasteiger partial charge in [-0.2, -0.15) is 0 Å². The highest BCUT2D eigenvalue weighted by Gasteiger charge is 2.45. The van der Waals surface area contributed by atoms with Crippen molar-refractivity contribution in [1.29, 1.82) is 0 Å². The molecule has 1 aliphatic rings. The minimum absolute atomic E-state index is 0.112. The Morgan fingerprint density at radius 3 is 2.61 bits per heavy atom. The maximum Gasteiger partial charge on any atom is 0.255 e. The number of aliphatic hydroxyl groups excluding tert-OH is 3. The van der Waals surface area contributed by atoms with Gasteiger partial charge in [-0.1, -0.05) is 42.5 Å². The highest BCUT2D eigenvalue weighted by molar-refractivity contribution is 5.84. The van der Waals surface area contributed by atoms with Crippen LogP contribution in [0.5, 0.6) is 5.75 Å². The van der Waals surface area contributed by atoms with E-state index in [-0.39, 0.29) is 36.1 Å². The summed E-state index contributed by atoms with van der Waals surface area (Å²) in [6.45, 7) is -0.622. The first-order valence-electron chi connectivity index (χ1n) is 11.8. The lowest BCUT2D eigenvalue weighted by Gasteiger charge is -2.20. The van der Waals surface area contributed by atoms with E-state index >= 15 is 0 Å². The molecule has 0 aliphatic carbocycles. The van der Waals surface area contributed by atoms with Crippen molar-refractivity contribution in [2.75, 3.05) is 24.3 Å². The second-order valence-corrected chi connectivity index (χ2v) is 8.76. The van der Waals surface area contributed by atoms with E-state index in [1.165, 1.54) is 10.9 Å². The van der Waals surface area contributed by atoms with Crippen LogP contribution in [-0.4, -0.2) is 72.3 Å². The van der Waals surface area contributed by atoms with Crippen molar-refractivity contribution in [2.45, 2.75) is 31.1 Å². The summed E-state index contributed by atoms with van der Waals surface area (Å²) in [5, 5.41) is 33.7. The number of benzene rings is 2. The number of aliphatic hydroxyl groups is 3. The van der Waals surface area contributed by atoms with Crippen molar-refractivity contribution in [2.24, 2.45) is 5.73 Å². The predicted octanol–water partition coefficient (Wildman–Crippen LogP) is 0.163. The average molecular weight is 522 g/mol. The van der Waals surface area contributed by atoms with Crippen LogP contribution in [-0.2, 0) is 16.1 Å². The zero-order chi connectivity index (χ0) is 26.8. The number of hydrogen-bond donors (Lipinski definition) is 6. The van der Waals surface area contributed by atoms with Crippen LogP contribution < -0.4 is 21.5 Å². The van der Waals surface area contributed by atoms with Gasteiger partial charge in [0.15, 0.2) is 29.8 Å². The lowest BCUT2D eigenvalue weighted by atomic mass is 10.0. The summed E-state index contributed by atoms with van der Waals surface area (Å²) < 4.78 is 12.9. The monoisotopic (exact) mass is 521 g/mol. The molecule has 3 heterocycles. The van der Waals surface area contributed by atoms with Crippen LogP contribution in [0, 0.1) is 0 Å². The molecule has 8 N–H and O–H groups in total. The number of primary amides is 1. The van der Waals surface area contributed by atoms with Crippen LogP contribution in [0.1, 0.15) is 11.8 Å². The van der Waals surface area contributed by atoms with Crippen LogP contribution in [0.25, 0.3) is 22.3 Å². The van der Waals surface area contributed by atoms with Gasteiger partial charge in [0, 0.05) is 12.1 Å². The molecule has 1 amide bonds. The first-order chi connectivity index (χ1) is 18.4. The number of fused-ring (bicyclic) bond motifs is 1. The maximum absolute atomic E-state index is 11.4. The molecule has 0 spiro atoms. The van der Waals surface area contributed by atoms with E-state index in [0.29, 0.717) is 11.3 Å². The van der Waals surface area contributed by atoms with Crippen molar-refractivity contribution >= 4 is 28.8 Å². The van der Waals surface area contributed by atoms with E-state index < -0.39 is 37.1 Å². The molecule has 0 radical (unpaired) electrons. The molecule has 0 unspecified atom stereocenters. The topological polar surface area (TPSA) is 204 Å². The summed E-state index contributed by atoms with van der Waals surface area (Å²) in [4.78, 5) is 24.1. The minimum Gasteiger partial charge on any atom is -0.483 e. The van der Waals surface area contributed by atoms with Gasteiger partial charge in [0.2, 0.25) is 5.95 Å². The van der Waals surface area contributed by atoms with E-state index in [2.05, 4.69) is 20.3 Å². The van der Waals surface area contributed by atoms with Gasteiger partial charge in [-0.25, -0.2) is 15.0 Å². The van der Waals surface area contributed by atoms with Crippen LogP contribution in [0.4, 0.5) is 11.8 Å². The molecule has 2 aromatic heterocycles. The van der Waals surface area contributed by atoms with Gasteiger partial charge in [-0.05, 0) is 17.2 Å². The number of nitrogens with two attached hydrogens (primary N) is 2. The highest BCUT2D eigenvalue weighted by atomic mass is 16.6. The molecule has 1 aliphatic heterocycles. The quantitative estimate of drug-likeness (QED) is 0.175. The number of hydrogen-bond acceptors (Lipinski definition) is 11. The molecule has 13 heteroatoms. The third-order valence-corrected chi connectivity index (χ3v) is 6.26. The summed E-state index contributed by atoms with van der Waals surface area (Å²) >= 11 is 0. The van der Waals surface area contributed by atoms with Gasteiger partial charge in [0.05, 0.1) is 6.61 Å². The van der Waals surface area contributed by atoms with Gasteiger partial charge in [0.25, 0.3) is 5.91 Å². The summed E-state index contributed by atoms with van der Waals surface area (Å²) in [5.74, 6) is 0.151. The third kappa shape index (κ3) is 4.82. The number of nitrogens with one attached hydrogen (secondary N) is 1. The number of anilines is 2. The third-order valence-electron chi connectivity index (χ3n) is 6.26. The SMILES string of the molecule is NC(=O)COc1cc(-c2ccccc2)ccc1CNc1nc2c(N)ncnc2n1[C@@H]1O[C@H](CO)[C@@H](O)[C@H]1O. The van der Waals surface area contributed by atoms with Gasteiger partial charge < -0.3 is 41.6 Å². The zero-order valence-electron chi connectivity index (χ0n) is 20.1. The van der Waals surface area contributed by atoms with E-state index in [0.717, 1.165) is 11.1 Å². The molecule has 0 bridgehead atoms. The Kier molecular flexibility index (Phi) is 7.07. The Balaban J connectivity index is 1.49. The Hall–Kier alpha value is -4.30. The summed E-state index contributed by atoms with van der Waals surface area (Å²) in [6.07, 6.45) is -3.57. The smallest absolute Gasteiger partial charge is 0.255 e. The van der Waals surface area contributed by atoms with E-state index in [1.54, 1.807) is 0 Å². The largest absolute Gasteiger partial charge is 0.483 e. The van der Waals surface area contributed by atoms with Crippen LogP contribution in [0.2, 0.25) is 0 Å². The molecule has 2 aromatic carbocycles. The summed E-state index contributed by atoms with van der Waals surface area (Å²) in [7, 11) is 0. The van der Waals surface area contributed by atoms with Crippen molar-refractivity contribution in [3.05, 3.63) is 60.4 Å². The fraction of sp³-hybridized carbons (Fsp3) is 0.280. The molecule has 4 atom stereocenters. The van der Waals surface area contributed by atoms with Crippen molar-refractivity contribution < 1.29 is 29.6 Å². The number of ether oxygens (including phenoxy) is 2. The first kappa shape index (κ1) is 25.4. The molecule has 5 rings (SSSR count). The molecule has 1 fully saturated rings. The lowest BCUT2D eigenvalue weighted by molar-refractivity contribution is -0.119. The normalized spacial score (nSPS) is 21.0. The number of aromatic nitrogens is 4. The fourth-order valence-electron chi connectivity index (χ4n) is 4.35. The molecule has 198 valence electrons. The van der Waals surface area contributed by atoms with Crippen LogP contribution in [0.3, 0.4) is 0 Å². The van der Waals surface area contributed by atoms with Crippen molar-refractivity contribution in [1.82, 2.24) is 19.5 Å². The standard InChI is InChI=1S/C25H27N7O6/c26-18(34)11-37-16-8-14(13-4-2-1-3-5-13)6-7-15(16)9-28-25-31-19-22(27)29-12-30-23(19)32(25)24-21(36)20(35)17(10-33)38-24/h1-8,12,17,20-21,24,33,35-36H,9-11H2,(H2,26,34)(H,28,31)(H2,27,29,30)/t17-,20-,21-,24-/m1/s1. The van der Waals surface area contributed by atoms with Crippen LogP contribution >= 0.6 is 0 Å². The molecular formula is C25H27N7O6. The number of nitrogens with zero attached hydrogens (tertiary/aromatic N) is 4. The number of amides is 1. The van der Waals surface area contributed by atoms with E-state index in [9.17, 15) is 20.1 Å². The lowest BCUT2D eigenvalue weighted by Crippen LogP contribution is -2.33. The molecule has 13 nitrogen and oxygen atoms in total. The summed E-state index contributed by atoms with van der Waals surface area (Å²) in [6, 6.07) is 15.3. The predicted molar refractivity (Wildman–Crippen MR) is 137 cm³/mol. The Morgan fingerprint density at radius 1 is 1.11 bits per heavy atom. The van der Waals surface area contributed by atoms with E-state index in [1.807, 2.05) is 48.5 Å². The van der Waals surface area contributed by atoms with Gasteiger partial charge in [-0.15, -0.1) is 0 Å². The number of imidazole rings is 1. The van der Waals surface area contributed by atoms with Crippen LogP contribution in [0.15, 0.2) is 54.9 Å². The molecule has 4 aromatic rings. The van der Waals surface area contributed by atoms with Crippen molar-refractivity contribution in [3.8, 4) is 16.9 Å². The zero-order valence-corrected chi connectivity index (χ0v) is 20.1. The average Bonchev–Trinajstić information content (AvgIpc) is 3.44. The summed E-state index contributed by atoms with van der Waals surface area (Å²) in [5.41, 5.74) is 14.4. The number of rotatable bonds is 9. The molecular weight excluding hydrogens is 494 g/mol. The Morgan fingerprint density at radius 2 is 1.89 bits per heavy atom. The Labute approximate surface area is 216 Å². The number of nitrogen functional groups attached to an aromatic ring is 1. The molecule has 38 heavy (non-hydrogen) atoms. The second kappa shape index (κ2) is 10.6. The number of carbonyl (C=O) groups excluding carboxylic acids is 1. The van der Waals surface area contributed by atoms with Crippen molar-refractivity contribution in [3.63, 3.8) is 0 Å². The van der Waals surface area contributed by atoms with Gasteiger partial charge in [-0.3, -0.25) is 9.36 Å². The molecule has 0 saturated carbocycles. The highest BCUT2D eigenvalue weighted by Crippen LogP contribution is 2.35. The first-order valence-corrected chi connectivity index (χ1v) is 11.8. The van der Waals surface area contributed by atoms with Gasteiger partial charge >= 0.3 is 0 Å². The fourth-order valence-corrected chi connectivity index (χ4v) is 4.35. The second-order valence-electron chi connectivity index (χ2n) is 8.76. The van der Waals surface area contributed by atoms with E-state index in [4.69, 9.17) is 20.9 Å². The van der Waals surface area contributed by atoms with Gasteiger partial charge in [0.1, 0.15) is 30.4 Å². The maximum atomic E-state index is 11.4. The minimum atomic E-state index is -1.37. The molecule has 1 saturated heterocycles.